The van der Waals surface area contributed by atoms with Crippen LogP contribution in [-0.2, 0) is 0 Å². The van der Waals surface area contributed by atoms with E-state index in [4.69, 9.17) is 0 Å². The summed E-state index contributed by atoms with van der Waals surface area (Å²) < 4.78 is 0. The summed E-state index contributed by atoms with van der Waals surface area (Å²) in [6.07, 6.45) is 24.2. The number of allylic oxidation sites excluding steroid dienone is 1. The number of rotatable bonds is 17. The summed E-state index contributed by atoms with van der Waals surface area (Å²) in [5, 5.41) is 3.52. The molecule has 0 saturated heterocycles. The molecule has 0 aliphatic heterocycles. The van der Waals surface area contributed by atoms with Gasteiger partial charge in [-0.1, -0.05) is 96.6 Å². The molecule has 1 nitrogen and oxygen atoms in total. The maximum absolute atomic E-state index is 3.52. The lowest BCUT2D eigenvalue weighted by molar-refractivity contribution is 0.563. The first-order valence-corrected chi connectivity index (χ1v) is 9.77. The minimum atomic E-state index is 1.06. The SMILES string of the molecule is CCCCCCC/C=C/CNCCCCCCCCCC. The highest BCUT2D eigenvalue weighted by Gasteiger charge is 1.91. The summed E-state index contributed by atoms with van der Waals surface area (Å²) in [6.45, 7) is 6.81. The Hall–Kier alpha value is -0.300. The van der Waals surface area contributed by atoms with Gasteiger partial charge in [-0.25, -0.2) is 0 Å². The minimum absolute atomic E-state index is 1.06. The molecule has 0 unspecified atom stereocenters. The lowest BCUT2D eigenvalue weighted by Gasteiger charge is -2.02. The van der Waals surface area contributed by atoms with E-state index in [1.807, 2.05) is 0 Å². The van der Waals surface area contributed by atoms with E-state index in [1.54, 1.807) is 0 Å². The van der Waals surface area contributed by atoms with Crippen LogP contribution >= 0.6 is 0 Å². The van der Waals surface area contributed by atoms with Crippen LogP contribution in [-0.4, -0.2) is 13.1 Å². The number of unbranched alkanes of at least 4 members (excludes halogenated alkanes) is 12. The van der Waals surface area contributed by atoms with E-state index in [-0.39, 0.29) is 0 Å². The lowest BCUT2D eigenvalue weighted by atomic mass is 10.1. The molecule has 0 aliphatic carbocycles. The normalized spacial score (nSPS) is 11.5. The molecule has 0 atom stereocenters. The van der Waals surface area contributed by atoms with Crippen LogP contribution < -0.4 is 5.32 Å². The molecule has 0 fully saturated rings. The number of hydrogen-bond donors (Lipinski definition) is 1. The van der Waals surface area contributed by atoms with Crippen molar-refractivity contribution in [1.29, 1.82) is 0 Å². The van der Waals surface area contributed by atoms with Crippen molar-refractivity contribution in [2.75, 3.05) is 13.1 Å². The largest absolute Gasteiger partial charge is 0.313 e. The second-order valence-corrected chi connectivity index (χ2v) is 6.35. The molecule has 0 spiro atoms. The predicted molar refractivity (Wildman–Crippen MR) is 98.0 cm³/mol. The topological polar surface area (TPSA) is 12.0 Å². The fourth-order valence-corrected chi connectivity index (χ4v) is 2.64. The first-order valence-electron chi connectivity index (χ1n) is 9.77. The summed E-state index contributed by atoms with van der Waals surface area (Å²) in [5.41, 5.74) is 0. The van der Waals surface area contributed by atoms with E-state index in [0.717, 1.165) is 6.54 Å². The molecular formula is C20H41N. The van der Waals surface area contributed by atoms with Crippen molar-refractivity contribution in [2.24, 2.45) is 0 Å². The highest BCUT2D eigenvalue weighted by Crippen LogP contribution is 2.08. The second kappa shape index (κ2) is 19.7. The van der Waals surface area contributed by atoms with Gasteiger partial charge >= 0.3 is 0 Å². The Labute approximate surface area is 135 Å². The van der Waals surface area contributed by atoms with Crippen LogP contribution in [0.3, 0.4) is 0 Å². The quantitative estimate of drug-likeness (QED) is 0.234. The molecule has 1 heteroatoms. The van der Waals surface area contributed by atoms with Crippen LogP contribution in [0.4, 0.5) is 0 Å². The number of hydrogen-bond acceptors (Lipinski definition) is 1. The predicted octanol–water partition coefficient (Wildman–Crippen LogP) is 6.63. The first kappa shape index (κ1) is 20.7. The highest BCUT2D eigenvalue weighted by atomic mass is 14.8. The summed E-state index contributed by atoms with van der Waals surface area (Å²) in [6, 6.07) is 0. The molecule has 0 heterocycles. The Morgan fingerprint density at radius 2 is 1.10 bits per heavy atom. The van der Waals surface area contributed by atoms with E-state index in [0.29, 0.717) is 0 Å². The van der Waals surface area contributed by atoms with Gasteiger partial charge in [-0.2, -0.15) is 0 Å². The molecule has 0 rings (SSSR count). The van der Waals surface area contributed by atoms with Crippen LogP contribution in [0.2, 0.25) is 0 Å². The van der Waals surface area contributed by atoms with Gasteiger partial charge in [0, 0.05) is 6.54 Å². The Balaban J connectivity index is 3.01. The third kappa shape index (κ3) is 19.7. The molecule has 0 aliphatic rings. The zero-order valence-corrected chi connectivity index (χ0v) is 15.0. The van der Waals surface area contributed by atoms with Crippen molar-refractivity contribution in [3.63, 3.8) is 0 Å². The molecule has 0 amide bonds. The van der Waals surface area contributed by atoms with Crippen molar-refractivity contribution < 1.29 is 0 Å². The molecule has 1 N–H and O–H groups in total. The van der Waals surface area contributed by atoms with Crippen LogP contribution in [0.5, 0.6) is 0 Å². The van der Waals surface area contributed by atoms with Crippen molar-refractivity contribution in [2.45, 2.75) is 104 Å². The van der Waals surface area contributed by atoms with Crippen LogP contribution in [0, 0.1) is 0 Å². The van der Waals surface area contributed by atoms with E-state index < -0.39 is 0 Å². The molecular weight excluding hydrogens is 254 g/mol. The van der Waals surface area contributed by atoms with E-state index >= 15 is 0 Å². The van der Waals surface area contributed by atoms with Crippen molar-refractivity contribution >= 4 is 0 Å². The monoisotopic (exact) mass is 295 g/mol. The average Bonchev–Trinajstić information content (AvgIpc) is 2.50. The van der Waals surface area contributed by atoms with Gasteiger partial charge in [-0.05, 0) is 25.8 Å². The molecule has 0 aromatic rings. The molecule has 0 aromatic heterocycles. The van der Waals surface area contributed by atoms with Gasteiger partial charge in [0.2, 0.25) is 0 Å². The Morgan fingerprint density at radius 1 is 0.571 bits per heavy atom. The van der Waals surface area contributed by atoms with Gasteiger partial charge in [-0.3, -0.25) is 0 Å². The lowest BCUT2D eigenvalue weighted by Crippen LogP contribution is -2.14. The summed E-state index contributed by atoms with van der Waals surface area (Å²) in [4.78, 5) is 0. The zero-order chi connectivity index (χ0) is 15.4. The second-order valence-electron chi connectivity index (χ2n) is 6.35. The molecule has 126 valence electrons. The first-order chi connectivity index (χ1) is 10.4. The van der Waals surface area contributed by atoms with Gasteiger partial charge in [0.25, 0.3) is 0 Å². The Kier molecular flexibility index (Phi) is 19.4. The van der Waals surface area contributed by atoms with E-state index in [2.05, 4.69) is 31.3 Å². The average molecular weight is 296 g/mol. The maximum Gasteiger partial charge on any atom is 0.0134 e. The molecule has 0 bridgehead atoms. The van der Waals surface area contributed by atoms with Gasteiger partial charge in [0.05, 0.1) is 0 Å². The van der Waals surface area contributed by atoms with Gasteiger partial charge in [-0.15, -0.1) is 0 Å². The molecule has 0 radical (unpaired) electrons. The third-order valence-electron chi connectivity index (χ3n) is 4.11. The zero-order valence-electron chi connectivity index (χ0n) is 15.0. The van der Waals surface area contributed by atoms with Crippen LogP contribution in [0.1, 0.15) is 104 Å². The summed E-state index contributed by atoms with van der Waals surface area (Å²) >= 11 is 0. The maximum atomic E-state index is 3.52. The fourth-order valence-electron chi connectivity index (χ4n) is 2.64. The fraction of sp³-hybridized carbons (Fsp3) is 0.900. The van der Waals surface area contributed by atoms with Crippen molar-refractivity contribution in [1.82, 2.24) is 5.32 Å². The highest BCUT2D eigenvalue weighted by molar-refractivity contribution is 4.83. The Bertz CT molecular complexity index is 198. The van der Waals surface area contributed by atoms with Gasteiger partial charge in [0.15, 0.2) is 0 Å². The van der Waals surface area contributed by atoms with Crippen LogP contribution in [0.25, 0.3) is 0 Å². The summed E-state index contributed by atoms with van der Waals surface area (Å²) in [7, 11) is 0. The van der Waals surface area contributed by atoms with E-state index in [9.17, 15) is 0 Å². The van der Waals surface area contributed by atoms with Crippen LogP contribution in [0.15, 0.2) is 12.2 Å². The minimum Gasteiger partial charge on any atom is -0.313 e. The van der Waals surface area contributed by atoms with Crippen molar-refractivity contribution in [3.8, 4) is 0 Å². The van der Waals surface area contributed by atoms with E-state index in [1.165, 1.54) is 96.4 Å². The third-order valence-corrected chi connectivity index (χ3v) is 4.11. The van der Waals surface area contributed by atoms with Gasteiger partial charge < -0.3 is 5.32 Å². The number of nitrogens with one attached hydrogen (secondary N) is 1. The smallest absolute Gasteiger partial charge is 0.0134 e. The molecule has 0 aromatic carbocycles. The molecule has 21 heavy (non-hydrogen) atoms. The Morgan fingerprint density at radius 3 is 1.71 bits per heavy atom. The van der Waals surface area contributed by atoms with Crippen molar-refractivity contribution in [3.05, 3.63) is 12.2 Å². The standard InChI is InChI=1S/C20H41N/c1-3-5-7-9-11-13-15-17-19-21-20-18-16-14-12-10-8-6-4-2/h15,17,21H,3-14,16,18-20H2,1-2H3/b17-15+. The molecule has 0 saturated carbocycles. The van der Waals surface area contributed by atoms with Gasteiger partial charge in [0.1, 0.15) is 0 Å². The summed E-state index contributed by atoms with van der Waals surface area (Å²) in [5.74, 6) is 0.